The van der Waals surface area contributed by atoms with Crippen LogP contribution in [0.4, 0.5) is 5.69 Å². The van der Waals surface area contributed by atoms with Crippen LogP contribution in [-0.4, -0.2) is 12.2 Å². The second kappa shape index (κ2) is 6.94. The molecule has 2 nitrogen and oxygen atoms in total. The van der Waals surface area contributed by atoms with Crippen molar-refractivity contribution >= 4 is 11.8 Å². The van der Waals surface area contributed by atoms with Crippen molar-refractivity contribution in [3.63, 3.8) is 0 Å². The largest absolute Gasteiger partial charge is 0.399 e. The van der Waals surface area contributed by atoms with Crippen LogP contribution in [0.2, 0.25) is 0 Å². The molecule has 2 heteroatoms. The Morgan fingerprint density at radius 1 is 1.05 bits per heavy atom. The van der Waals surface area contributed by atoms with Crippen LogP contribution in [0.5, 0.6) is 0 Å². The monoisotopic (exact) mass is 275 g/mol. The Morgan fingerprint density at radius 2 is 1.65 bits per heavy atom. The number of hydrogen-bond acceptors (Lipinski definition) is 2. The molecule has 0 spiro atoms. The Morgan fingerprint density at radius 3 is 2.15 bits per heavy atom. The summed E-state index contributed by atoms with van der Waals surface area (Å²) in [6, 6.07) is 7.91. The summed E-state index contributed by atoms with van der Waals surface area (Å²) in [4.78, 5) is 0. The molecule has 20 heavy (non-hydrogen) atoms. The molecule has 1 heterocycles. The van der Waals surface area contributed by atoms with Crippen LogP contribution < -0.4 is 5.73 Å². The summed E-state index contributed by atoms with van der Waals surface area (Å²) < 4.78 is 6.01. The molecular formula is C18H29NO. The van der Waals surface area contributed by atoms with Crippen molar-refractivity contribution in [2.75, 3.05) is 12.3 Å². The third kappa shape index (κ3) is 5.01. The lowest BCUT2D eigenvalue weighted by atomic mass is 9.81. The molecule has 1 fully saturated rings. The van der Waals surface area contributed by atoms with Crippen LogP contribution in [-0.2, 0) is 4.74 Å². The van der Waals surface area contributed by atoms with Gasteiger partial charge < -0.3 is 10.5 Å². The van der Waals surface area contributed by atoms with Crippen molar-refractivity contribution in [3.8, 4) is 0 Å². The number of rotatable bonds is 2. The lowest BCUT2D eigenvalue weighted by Gasteiger charge is -2.40. The van der Waals surface area contributed by atoms with Crippen LogP contribution in [0.1, 0.15) is 53.0 Å². The van der Waals surface area contributed by atoms with Gasteiger partial charge in [-0.15, -0.1) is 0 Å². The fraction of sp³-hybridized carbons (Fsp3) is 0.556. The van der Waals surface area contributed by atoms with Crippen LogP contribution >= 0.6 is 0 Å². The molecule has 0 saturated carbocycles. The van der Waals surface area contributed by atoms with Crippen molar-refractivity contribution in [1.82, 2.24) is 0 Å². The molecular weight excluding hydrogens is 246 g/mol. The Balaban J connectivity index is 0.000000956. The van der Waals surface area contributed by atoms with E-state index in [1.165, 1.54) is 12.0 Å². The normalized spacial score (nSPS) is 25.1. The Kier molecular flexibility index (Phi) is 5.82. The van der Waals surface area contributed by atoms with Crippen molar-refractivity contribution < 1.29 is 4.74 Å². The minimum atomic E-state index is -0.128. The number of benzene rings is 1. The molecule has 0 amide bonds. The van der Waals surface area contributed by atoms with Gasteiger partial charge in [0.2, 0.25) is 0 Å². The Labute approximate surface area is 124 Å². The molecule has 1 aliphatic rings. The average molecular weight is 275 g/mol. The maximum atomic E-state index is 6.01. The summed E-state index contributed by atoms with van der Waals surface area (Å²) in [5.74, 6) is 0. The van der Waals surface area contributed by atoms with E-state index in [0.717, 1.165) is 18.7 Å². The first-order chi connectivity index (χ1) is 9.39. The molecule has 0 aliphatic carbocycles. The van der Waals surface area contributed by atoms with Gasteiger partial charge in [-0.05, 0) is 42.9 Å². The molecule has 1 unspecified atom stereocenters. The molecule has 2 N–H and O–H groups in total. The highest BCUT2D eigenvalue weighted by Gasteiger charge is 2.33. The molecule has 0 bridgehead atoms. The quantitative estimate of drug-likeness (QED) is 0.779. The highest BCUT2D eigenvalue weighted by atomic mass is 16.5. The number of nitrogen functional groups attached to an aromatic ring is 1. The standard InChI is InChI=1S/C16H23NO.C2H6/c1-15(2)10-11-16(3,18-12-15)9-8-13-4-6-14(17)7-5-13;1-2/h4-9H,10-12,17H2,1-3H3;1-2H3/b9-8+;. The van der Waals surface area contributed by atoms with E-state index in [9.17, 15) is 0 Å². The fourth-order valence-corrected chi connectivity index (χ4v) is 2.10. The topological polar surface area (TPSA) is 35.2 Å². The van der Waals surface area contributed by atoms with E-state index in [1.807, 2.05) is 38.1 Å². The molecule has 112 valence electrons. The molecule has 2 rings (SSSR count). The SMILES string of the molecule is CC.CC1(C)CCC(C)(/C=C/c2ccc(N)cc2)OC1. The van der Waals surface area contributed by atoms with Crippen LogP contribution in [0.25, 0.3) is 6.08 Å². The number of ether oxygens (including phenoxy) is 1. The number of hydrogen-bond donors (Lipinski definition) is 1. The predicted octanol–water partition coefficient (Wildman–Crippen LogP) is 4.90. The third-order valence-corrected chi connectivity index (χ3v) is 3.66. The van der Waals surface area contributed by atoms with E-state index in [2.05, 4.69) is 32.9 Å². The Hall–Kier alpha value is -1.28. The van der Waals surface area contributed by atoms with Gasteiger partial charge in [0.25, 0.3) is 0 Å². The van der Waals surface area contributed by atoms with E-state index >= 15 is 0 Å². The highest BCUT2D eigenvalue weighted by Crippen LogP contribution is 2.36. The second-order valence-electron chi connectivity index (χ2n) is 6.27. The van der Waals surface area contributed by atoms with Crippen LogP contribution in [0, 0.1) is 5.41 Å². The van der Waals surface area contributed by atoms with Gasteiger partial charge in [-0.25, -0.2) is 0 Å². The zero-order valence-electron chi connectivity index (χ0n) is 13.6. The first kappa shape index (κ1) is 16.8. The van der Waals surface area contributed by atoms with Gasteiger partial charge in [-0.1, -0.05) is 52.0 Å². The highest BCUT2D eigenvalue weighted by molar-refractivity contribution is 5.54. The van der Waals surface area contributed by atoms with Crippen molar-refractivity contribution in [3.05, 3.63) is 35.9 Å². The summed E-state index contributed by atoms with van der Waals surface area (Å²) in [6.07, 6.45) is 6.58. The van der Waals surface area contributed by atoms with Gasteiger partial charge >= 0.3 is 0 Å². The first-order valence-electron chi connectivity index (χ1n) is 7.57. The van der Waals surface area contributed by atoms with E-state index < -0.39 is 0 Å². The maximum Gasteiger partial charge on any atom is 0.0838 e. The lowest BCUT2D eigenvalue weighted by Crippen LogP contribution is -2.38. The van der Waals surface area contributed by atoms with Gasteiger partial charge in [-0.3, -0.25) is 0 Å². The first-order valence-corrected chi connectivity index (χ1v) is 7.57. The number of nitrogens with two attached hydrogens (primary N) is 1. The smallest absolute Gasteiger partial charge is 0.0838 e. The maximum absolute atomic E-state index is 6.01. The molecule has 1 atom stereocenters. The summed E-state index contributed by atoms with van der Waals surface area (Å²) >= 11 is 0. The minimum Gasteiger partial charge on any atom is -0.399 e. The third-order valence-electron chi connectivity index (χ3n) is 3.66. The van der Waals surface area contributed by atoms with Gasteiger partial charge in [0.15, 0.2) is 0 Å². The van der Waals surface area contributed by atoms with E-state index in [1.54, 1.807) is 0 Å². The zero-order valence-corrected chi connectivity index (χ0v) is 13.6. The molecule has 0 aromatic heterocycles. The minimum absolute atomic E-state index is 0.128. The molecule has 1 aliphatic heterocycles. The van der Waals surface area contributed by atoms with E-state index in [0.29, 0.717) is 5.41 Å². The molecule has 1 saturated heterocycles. The predicted molar refractivity (Wildman–Crippen MR) is 88.6 cm³/mol. The Bertz CT molecular complexity index is 421. The summed E-state index contributed by atoms with van der Waals surface area (Å²) in [7, 11) is 0. The fourth-order valence-electron chi connectivity index (χ4n) is 2.10. The van der Waals surface area contributed by atoms with E-state index in [-0.39, 0.29) is 5.60 Å². The zero-order chi connectivity index (χ0) is 15.2. The molecule has 0 radical (unpaired) electrons. The van der Waals surface area contributed by atoms with Crippen molar-refractivity contribution in [2.24, 2.45) is 5.41 Å². The molecule has 1 aromatic carbocycles. The summed E-state index contributed by atoms with van der Waals surface area (Å²) in [5, 5.41) is 0. The number of anilines is 1. The van der Waals surface area contributed by atoms with Gasteiger partial charge in [0.05, 0.1) is 12.2 Å². The molecule has 1 aromatic rings. The van der Waals surface area contributed by atoms with Crippen molar-refractivity contribution in [2.45, 2.75) is 53.1 Å². The summed E-state index contributed by atoms with van der Waals surface area (Å²) in [5.41, 5.74) is 7.82. The van der Waals surface area contributed by atoms with E-state index in [4.69, 9.17) is 10.5 Å². The van der Waals surface area contributed by atoms with Crippen LogP contribution in [0.15, 0.2) is 30.3 Å². The van der Waals surface area contributed by atoms with Gasteiger partial charge in [0, 0.05) is 5.69 Å². The van der Waals surface area contributed by atoms with Gasteiger partial charge in [0.1, 0.15) is 0 Å². The summed E-state index contributed by atoms with van der Waals surface area (Å²) in [6.45, 7) is 11.5. The average Bonchev–Trinajstić information content (AvgIpc) is 2.45. The van der Waals surface area contributed by atoms with Crippen LogP contribution in [0.3, 0.4) is 0 Å². The second-order valence-corrected chi connectivity index (χ2v) is 6.27. The van der Waals surface area contributed by atoms with Crippen molar-refractivity contribution in [1.29, 1.82) is 0 Å². The van der Waals surface area contributed by atoms with Gasteiger partial charge in [-0.2, -0.15) is 0 Å². The lowest BCUT2D eigenvalue weighted by molar-refractivity contribution is -0.0844.